The molecule has 1 rings (SSSR count). The number of hydrogen-bond acceptors (Lipinski definition) is 6. The van der Waals surface area contributed by atoms with Gasteiger partial charge in [-0.25, -0.2) is 9.59 Å². The Morgan fingerprint density at radius 2 is 1.65 bits per heavy atom. The van der Waals surface area contributed by atoms with Crippen LogP contribution in [0.3, 0.4) is 0 Å². The number of nitrogens with one attached hydrogen (secondary N) is 2. The highest BCUT2D eigenvalue weighted by atomic mass is 16.6. The third-order valence-corrected chi connectivity index (χ3v) is 3.21. The summed E-state index contributed by atoms with van der Waals surface area (Å²) in [7, 11) is 0. The number of carbonyl (C=O) groups excluding carboxylic acids is 2. The van der Waals surface area contributed by atoms with Crippen LogP contribution in [0.4, 0.5) is 9.59 Å². The lowest BCUT2D eigenvalue weighted by Gasteiger charge is -2.14. The fourth-order valence-electron chi connectivity index (χ4n) is 1.83. The standard InChI is InChI=1S/C18H21N3O5/c1-4-6-8-19-17(23)25-11-14-10-21-13(3)16(22)15(14)12-26-18(24)20-9-7-5-2/h1-2,10,22H,6-9,11-12H2,3H3,(H,19,23)(H,20,24). The number of terminal acetylenes is 2. The Morgan fingerprint density at radius 3 is 2.19 bits per heavy atom. The van der Waals surface area contributed by atoms with Crippen LogP contribution in [0.25, 0.3) is 0 Å². The van der Waals surface area contributed by atoms with Gasteiger partial charge in [0.1, 0.15) is 19.0 Å². The number of rotatable bonds is 8. The van der Waals surface area contributed by atoms with Crippen molar-refractivity contribution >= 4 is 12.2 Å². The molecule has 0 spiro atoms. The number of aromatic hydroxyl groups is 1. The summed E-state index contributed by atoms with van der Waals surface area (Å²) in [5.41, 5.74) is 1.08. The van der Waals surface area contributed by atoms with Gasteiger partial charge in [0, 0.05) is 43.3 Å². The molecule has 26 heavy (non-hydrogen) atoms. The number of nitrogens with zero attached hydrogens (tertiary/aromatic N) is 1. The van der Waals surface area contributed by atoms with Crippen LogP contribution in [0, 0.1) is 31.6 Å². The predicted octanol–water partition coefficient (Wildman–Crippen LogP) is 1.59. The summed E-state index contributed by atoms with van der Waals surface area (Å²) in [5, 5.41) is 15.1. The van der Waals surface area contributed by atoms with Crippen LogP contribution < -0.4 is 10.6 Å². The number of hydrogen-bond donors (Lipinski definition) is 3. The van der Waals surface area contributed by atoms with E-state index in [1.165, 1.54) is 6.20 Å². The van der Waals surface area contributed by atoms with Crippen LogP contribution in [0.2, 0.25) is 0 Å². The Labute approximate surface area is 152 Å². The van der Waals surface area contributed by atoms with Gasteiger partial charge < -0.3 is 25.2 Å². The molecule has 0 fully saturated rings. The van der Waals surface area contributed by atoms with Crippen LogP contribution in [0.1, 0.15) is 29.7 Å². The lowest BCUT2D eigenvalue weighted by Crippen LogP contribution is -2.26. The Kier molecular flexibility index (Phi) is 8.91. The Bertz CT molecular complexity index is 719. The van der Waals surface area contributed by atoms with Crippen LogP contribution in [0.15, 0.2) is 6.20 Å². The van der Waals surface area contributed by atoms with E-state index >= 15 is 0 Å². The van der Waals surface area contributed by atoms with Crippen molar-refractivity contribution < 1.29 is 24.2 Å². The summed E-state index contributed by atoms with van der Waals surface area (Å²) in [6, 6.07) is 0. The normalized spacial score (nSPS) is 9.50. The largest absolute Gasteiger partial charge is 0.506 e. The van der Waals surface area contributed by atoms with Crippen molar-refractivity contribution in [2.45, 2.75) is 33.0 Å². The summed E-state index contributed by atoms with van der Waals surface area (Å²) in [6.07, 6.45) is 11.1. The molecule has 0 aromatic carbocycles. The molecule has 0 saturated carbocycles. The van der Waals surface area contributed by atoms with E-state index < -0.39 is 12.2 Å². The predicted molar refractivity (Wildman–Crippen MR) is 93.9 cm³/mol. The number of ether oxygens (including phenoxy) is 2. The minimum absolute atomic E-state index is 0.129. The first-order valence-electron chi connectivity index (χ1n) is 7.84. The van der Waals surface area contributed by atoms with Crippen molar-refractivity contribution in [1.29, 1.82) is 0 Å². The lowest BCUT2D eigenvalue weighted by atomic mass is 10.1. The minimum Gasteiger partial charge on any atom is -0.506 e. The monoisotopic (exact) mass is 359 g/mol. The molecule has 0 radical (unpaired) electrons. The molecule has 3 N–H and O–H groups in total. The maximum atomic E-state index is 11.6. The molecule has 8 nitrogen and oxygen atoms in total. The number of aryl methyl sites for hydroxylation is 1. The van der Waals surface area contributed by atoms with Crippen LogP contribution in [-0.2, 0) is 22.7 Å². The number of carbonyl (C=O) groups is 2. The van der Waals surface area contributed by atoms with Gasteiger partial charge in [-0.2, -0.15) is 0 Å². The molecule has 1 aromatic rings. The Hall–Kier alpha value is -3.39. The van der Waals surface area contributed by atoms with Crippen molar-refractivity contribution in [3.63, 3.8) is 0 Å². The average Bonchev–Trinajstić information content (AvgIpc) is 2.62. The second-order valence-corrected chi connectivity index (χ2v) is 5.11. The fraction of sp³-hybridized carbons (Fsp3) is 0.389. The van der Waals surface area contributed by atoms with E-state index in [0.29, 0.717) is 36.2 Å². The number of amides is 2. The highest BCUT2D eigenvalue weighted by molar-refractivity contribution is 5.68. The van der Waals surface area contributed by atoms with Gasteiger partial charge in [0.15, 0.2) is 0 Å². The SMILES string of the molecule is C#CCCNC(=O)OCc1cnc(C)c(O)c1COC(=O)NCCC#C. The lowest BCUT2D eigenvalue weighted by molar-refractivity contribution is 0.131. The van der Waals surface area contributed by atoms with E-state index in [1.54, 1.807) is 6.92 Å². The van der Waals surface area contributed by atoms with Gasteiger partial charge >= 0.3 is 12.2 Å². The Morgan fingerprint density at radius 1 is 1.12 bits per heavy atom. The zero-order valence-electron chi connectivity index (χ0n) is 14.5. The average molecular weight is 359 g/mol. The van der Waals surface area contributed by atoms with E-state index in [0.717, 1.165) is 0 Å². The molecule has 8 heteroatoms. The van der Waals surface area contributed by atoms with Gasteiger partial charge in [-0.1, -0.05) is 0 Å². The van der Waals surface area contributed by atoms with Gasteiger partial charge in [-0.05, 0) is 6.92 Å². The zero-order valence-corrected chi connectivity index (χ0v) is 14.5. The molecule has 0 saturated heterocycles. The summed E-state index contributed by atoms with van der Waals surface area (Å²) >= 11 is 0. The molecule has 0 bridgehead atoms. The maximum Gasteiger partial charge on any atom is 0.407 e. The second kappa shape index (κ2) is 11.2. The van der Waals surface area contributed by atoms with Crippen LogP contribution in [-0.4, -0.2) is 35.4 Å². The van der Waals surface area contributed by atoms with Gasteiger partial charge in [0.2, 0.25) is 0 Å². The number of alkyl carbamates (subject to hydrolysis) is 2. The molecule has 0 unspecified atom stereocenters. The second-order valence-electron chi connectivity index (χ2n) is 5.11. The van der Waals surface area contributed by atoms with Crippen molar-refractivity contribution in [1.82, 2.24) is 15.6 Å². The summed E-state index contributed by atoms with van der Waals surface area (Å²) < 4.78 is 10.1. The first-order chi connectivity index (χ1) is 12.5. The highest BCUT2D eigenvalue weighted by Gasteiger charge is 2.15. The molecule has 1 heterocycles. The van der Waals surface area contributed by atoms with Crippen molar-refractivity contribution in [2.75, 3.05) is 13.1 Å². The molecule has 0 aliphatic heterocycles. The third-order valence-electron chi connectivity index (χ3n) is 3.21. The molecule has 1 aromatic heterocycles. The molecule has 0 aliphatic rings. The summed E-state index contributed by atoms with van der Waals surface area (Å²) in [4.78, 5) is 27.2. The first kappa shape index (κ1) is 20.7. The van der Waals surface area contributed by atoms with E-state index in [-0.39, 0.29) is 25.5 Å². The summed E-state index contributed by atoms with van der Waals surface area (Å²) in [5.74, 6) is 4.64. The molecule has 0 aliphatic carbocycles. The maximum absolute atomic E-state index is 11.6. The minimum atomic E-state index is -0.673. The van der Waals surface area contributed by atoms with Crippen molar-refractivity contribution in [3.05, 3.63) is 23.0 Å². The van der Waals surface area contributed by atoms with Gasteiger partial charge in [0.05, 0.1) is 5.69 Å². The van der Waals surface area contributed by atoms with Gasteiger partial charge in [-0.15, -0.1) is 24.7 Å². The zero-order chi connectivity index (χ0) is 19.4. The third kappa shape index (κ3) is 7.02. The van der Waals surface area contributed by atoms with Crippen molar-refractivity contribution in [3.8, 4) is 30.4 Å². The quantitative estimate of drug-likeness (QED) is 0.480. The number of aromatic nitrogens is 1. The molecular formula is C18H21N3O5. The molecule has 138 valence electrons. The smallest absolute Gasteiger partial charge is 0.407 e. The van der Waals surface area contributed by atoms with Crippen LogP contribution in [0.5, 0.6) is 5.75 Å². The van der Waals surface area contributed by atoms with E-state index in [1.807, 2.05) is 0 Å². The first-order valence-corrected chi connectivity index (χ1v) is 7.84. The Balaban J connectivity index is 2.68. The molecule has 2 amide bonds. The van der Waals surface area contributed by atoms with Gasteiger partial charge in [0.25, 0.3) is 0 Å². The molecule has 0 atom stereocenters. The van der Waals surface area contributed by atoms with E-state index in [4.69, 9.17) is 22.3 Å². The topological polar surface area (TPSA) is 110 Å². The number of pyridine rings is 1. The fourth-order valence-corrected chi connectivity index (χ4v) is 1.83. The van der Waals surface area contributed by atoms with Gasteiger partial charge in [-0.3, -0.25) is 4.98 Å². The molecular weight excluding hydrogens is 338 g/mol. The van der Waals surface area contributed by atoms with Crippen molar-refractivity contribution in [2.24, 2.45) is 0 Å². The van der Waals surface area contributed by atoms with Crippen LogP contribution >= 0.6 is 0 Å². The van der Waals surface area contributed by atoms with E-state index in [9.17, 15) is 14.7 Å². The highest BCUT2D eigenvalue weighted by Crippen LogP contribution is 2.25. The van der Waals surface area contributed by atoms with E-state index in [2.05, 4.69) is 27.5 Å². The summed E-state index contributed by atoms with van der Waals surface area (Å²) in [6.45, 7) is 1.81.